The van der Waals surface area contributed by atoms with Crippen molar-refractivity contribution in [3.05, 3.63) is 47.6 Å². The van der Waals surface area contributed by atoms with Crippen LogP contribution < -0.4 is 4.74 Å². The minimum absolute atomic E-state index is 0.0866. The summed E-state index contributed by atoms with van der Waals surface area (Å²) in [6.45, 7) is 15.7. The van der Waals surface area contributed by atoms with E-state index in [0.717, 1.165) is 24.9 Å². The van der Waals surface area contributed by atoms with Gasteiger partial charge in [-0.1, -0.05) is 65.3 Å². The van der Waals surface area contributed by atoms with Gasteiger partial charge in [0.05, 0.1) is 43.5 Å². The van der Waals surface area contributed by atoms with Gasteiger partial charge in [0.15, 0.2) is 43.3 Å². The summed E-state index contributed by atoms with van der Waals surface area (Å²) >= 11 is 0. The molecule has 27 nitrogen and oxygen atoms in total. The minimum Gasteiger partial charge on any atom is -0.497 e. The predicted octanol–water partition coefficient (Wildman–Crippen LogP) is 1.11. The molecule has 8 fully saturated rings. The van der Waals surface area contributed by atoms with Crippen LogP contribution in [0.5, 0.6) is 5.75 Å². The van der Waals surface area contributed by atoms with E-state index in [4.69, 9.17) is 52.1 Å². The first-order valence-electron chi connectivity index (χ1n) is 32.3. The van der Waals surface area contributed by atoms with E-state index in [1.165, 1.54) is 27.0 Å². The van der Waals surface area contributed by atoms with E-state index in [2.05, 4.69) is 40.7 Å². The summed E-state index contributed by atoms with van der Waals surface area (Å²) < 4.78 is 66.2. The number of carboxylic acid groups (broad SMARTS) is 1. The van der Waals surface area contributed by atoms with Crippen molar-refractivity contribution in [3.8, 4) is 5.75 Å². The van der Waals surface area contributed by atoms with Crippen molar-refractivity contribution in [1.29, 1.82) is 0 Å². The first-order valence-corrected chi connectivity index (χ1v) is 32.3. The van der Waals surface area contributed by atoms with Gasteiger partial charge in [-0.15, -0.1) is 0 Å². The van der Waals surface area contributed by atoms with Crippen molar-refractivity contribution in [2.45, 2.75) is 255 Å². The third-order valence-electron chi connectivity index (χ3n) is 23.3. The van der Waals surface area contributed by atoms with Crippen molar-refractivity contribution in [1.82, 2.24) is 0 Å². The molecule has 0 unspecified atom stereocenters. The van der Waals surface area contributed by atoms with Crippen molar-refractivity contribution in [3.63, 3.8) is 0 Å². The number of aliphatic carboxylic acids is 1. The van der Waals surface area contributed by atoms with Gasteiger partial charge in [0.25, 0.3) is 0 Å². The number of fused-ring (bicyclic) bond motifs is 7. The topological polar surface area (TPSA) is 409 Å². The third-order valence-corrected chi connectivity index (χ3v) is 23.3. The SMILES string of the molecule is COc1ccc(C=CC(=O)O[C@H]2[C@@H](OC(C)=O)[C@H](O[C@@H]3O[C@@H](C)[C@H](O)[C@@H](O)[C@H]3O)[C@@H](OC(=O)[C@]34CCC(C)(C)C[C@H]3C3=CC[C@@H]5[C@@]6(C)CC[C@H](O[C@@H]7O[C@H](C(=O)O)[C@@H](O)[C@H](O)[C@H]7O[C@@H]7O[C@H](CO)[C@H](O)[C@H](O)[C@H]7O)[C@@](C)(C=O)[C@@H]6CC[C@@]5(C)[C@]3(C)C[C@H]4O)O[C@H]2C)cc1. The Morgan fingerprint density at radius 2 is 1.28 bits per heavy atom. The molecule has 4 saturated heterocycles. The predicted molar refractivity (Wildman–Crippen MR) is 318 cm³/mol. The van der Waals surface area contributed by atoms with Gasteiger partial charge in [-0.05, 0) is 135 Å². The lowest BCUT2D eigenvalue weighted by Gasteiger charge is -2.71. The summed E-state index contributed by atoms with van der Waals surface area (Å²) in [5.74, 6) is -4.89. The highest BCUT2D eigenvalue weighted by Gasteiger charge is 2.73. The lowest BCUT2D eigenvalue weighted by molar-refractivity contribution is -0.373. The smallest absolute Gasteiger partial charge is 0.335 e. The Kier molecular flexibility index (Phi) is 20.4. The zero-order chi connectivity index (χ0) is 68.0. The zero-order valence-corrected chi connectivity index (χ0v) is 54.1. The molecule has 0 radical (unpaired) electrons. The number of ether oxygens (including phenoxy) is 11. The Bertz CT molecular complexity index is 2960. The van der Waals surface area contributed by atoms with Crippen LogP contribution in [-0.4, -0.2) is 235 Å². The summed E-state index contributed by atoms with van der Waals surface area (Å²) in [5, 5.41) is 121. The Hall–Kier alpha value is -4.63. The van der Waals surface area contributed by atoms with E-state index < -0.39 is 204 Å². The molecule has 4 heterocycles. The number of hydrogen-bond donors (Lipinski definition) is 11. The molecule has 9 aliphatic rings. The fourth-order valence-corrected chi connectivity index (χ4v) is 17.8. The number of hydrogen-bond acceptors (Lipinski definition) is 26. The van der Waals surface area contributed by atoms with Gasteiger partial charge < -0.3 is 113 Å². The number of carboxylic acids is 1. The summed E-state index contributed by atoms with van der Waals surface area (Å²) in [7, 11) is 1.52. The van der Waals surface area contributed by atoms with Crippen molar-refractivity contribution < 1.29 is 132 Å². The van der Waals surface area contributed by atoms with Gasteiger partial charge in [0.1, 0.15) is 78.5 Å². The molecule has 4 aliphatic heterocycles. The van der Waals surface area contributed by atoms with Crippen LogP contribution >= 0.6 is 0 Å². The van der Waals surface area contributed by atoms with Crippen LogP contribution in [-0.2, 0) is 71.3 Å². The number of aliphatic hydroxyl groups is 10. The summed E-state index contributed by atoms with van der Waals surface area (Å²) in [6, 6.07) is 6.81. The zero-order valence-electron chi connectivity index (χ0n) is 54.1. The third kappa shape index (κ3) is 12.4. The van der Waals surface area contributed by atoms with Crippen LogP contribution in [0.4, 0.5) is 0 Å². The molecule has 11 N–H and O–H groups in total. The summed E-state index contributed by atoms with van der Waals surface area (Å²) in [6.07, 6.45) is -28.3. The largest absolute Gasteiger partial charge is 0.497 e. The second kappa shape index (κ2) is 26.7. The molecule has 0 amide bonds. The van der Waals surface area contributed by atoms with Crippen LogP contribution in [0.25, 0.3) is 6.08 Å². The van der Waals surface area contributed by atoms with Gasteiger partial charge in [-0.2, -0.15) is 0 Å². The molecular weight excluding hydrogens is 1220 g/mol. The molecule has 30 atom stereocenters. The van der Waals surface area contributed by atoms with E-state index in [-0.39, 0.29) is 30.6 Å². The van der Waals surface area contributed by atoms with E-state index in [1.54, 1.807) is 31.2 Å². The quantitative estimate of drug-likeness (QED) is 0.0276. The lowest BCUT2D eigenvalue weighted by atomic mass is 9.33. The van der Waals surface area contributed by atoms with Crippen LogP contribution in [0.1, 0.15) is 126 Å². The fraction of sp³-hybridized carbons (Fsp3) is 0.773. The highest BCUT2D eigenvalue weighted by atomic mass is 16.8. The maximum Gasteiger partial charge on any atom is 0.335 e. The number of benzene rings is 1. The van der Waals surface area contributed by atoms with Gasteiger partial charge in [0, 0.05) is 13.0 Å². The Morgan fingerprint density at radius 1 is 0.634 bits per heavy atom. The van der Waals surface area contributed by atoms with Crippen LogP contribution in [0.15, 0.2) is 42.0 Å². The average molecular weight is 1320 g/mol. The number of rotatable bonds is 16. The number of allylic oxidation sites excluding steroid dienone is 2. The maximum absolute atomic E-state index is 15.9. The number of aldehydes is 1. The molecule has 0 bridgehead atoms. The van der Waals surface area contributed by atoms with Crippen LogP contribution in [0.2, 0.25) is 0 Å². The molecule has 1 aromatic carbocycles. The van der Waals surface area contributed by atoms with Crippen molar-refractivity contribution in [2.75, 3.05) is 13.7 Å². The van der Waals surface area contributed by atoms with Crippen LogP contribution in [0.3, 0.4) is 0 Å². The summed E-state index contributed by atoms with van der Waals surface area (Å²) in [5.41, 5.74) is -3.76. The van der Waals surface area contributed by atoms with Crippen molar-refractivity contribution in [2.24, 2.45) is 50.2 Å². The first kappa shape index (κ1) is 71.2. The first-order chi connectivity index (χ1) is 43.6. The van der Waals surface area contributed by atoms with Gasteiger partial charge in [0.2, 0.25) is 6.29 Å². The molecule has 27 heteroatoms. The number of aliphatic hydroxyl groups excluding tert-OH is 10. The molecule has 0 aromatic heterocycles. The molecule has 520 valence electrons. The number of esters is 3. The van der Waals surface area contributed by atoms with Gasteiger partial charge in [-0.25, -0.2) is 9.59 Å². The van der Waals surface area contributed by atoms with E-state index in [0.29, 0.717) is 49.8 Å². The van der Waals surface area contributed by atoms with E-state index in [9.17, 15) is 75.3 Å². The molecular formula is C66H94O27. The standard InChI is InChI=1S/C66H94O27/c1-29-42(72)44(74)48(78)56(84-29)92-54-53(86-31(3)69)50(89-41(71)18-13-32-11-14-33(83-10)15-12-32)30(2)85-59(54)93-60(82)66-24-23-61(4,5)25-35(66)34-16-17-38-62(6)21-20-40(63(7,28-68)37(62)19-22-64(38,8)65(34,9)26-39(66)70)88-58-52(47(77)46(76)51(90-58)55(80)81)91-57-49(79)45(75)43(73)36(27-67)87-57/h11-16,18,28-30,35-40,42-54,56-59,67,70,72-79H,17,19-27H2,1-10H3,(H,80,81)/t29-,30-,35-,36+,37+,38+,39+,40-,42-,43-,44+,45-,46-,47-,48+,49+,50+,51-,52+,53+,54-,56-,57-,58+,59+,62-,63-,64+,65+,66+/m0/s1. The van der Waals surface area contributed by atoms with Gasteiger partial charge >= 0.3 is 23.9 Å². The molecule has 4 saturated carbocycles. The maximum atomic E-state index is 15.9. The highest BCUT2D eigenvalue weighted by molar-refractivity contribution is 5.87. The Labute approximate surface area is 539 Å². The fourth-order valence-electron chi connectivity index (χ4n) is 17.8. The molecule has 10 rings (SSSR count). The number of methoxy groups -OCH3 is 1. The Balaban J connectivity index is 0.940. The van der Waals surface area contributed by atoms with Crippen LogP contribution in [0, 0.1) is 50.2 Å². The Morgan fingerprint density at radius 3 is 1.91 bits per heavy atom. The molecule has 0 spiro atoms. The number of carbonyl (C=O) groups is 5. The van der Waals surface area contributed by atoms with Gasteiger partial charge in [-0.3, -0.25) is 9.59 Å². The normalized spacial score (nSPS) is 47.9. The van der Waals surface area contributed by atoms with Crippen molar-refractivity contribution >= 4 is 36.2 Å². The minimum atomic E-state index is -2.10. The monoisotopic (exact) mass is 1320 g/mol. The average Bonchev–Trinajstić information content (AvgIpc) is 0.672. The molecule has 93 heavy (non-hydrogen) atoms. The summed E-state index contributed by atoms with van der Waals surface area (Å²) in [4.78, 5) is 69.2. The lowest BCUT2D eigenvalue weighted by Crippen LogP contribution is -2.69. The highest BCUT2D eigenvalue weighted by Crippen LogP contribution is 2.76. The van der Waals surface area contributed by atoms with E-state index in [1.807, 2.05) is 0 Å². The van der Waals surface area contributed by atoms with E-state index >= 15 is 4.79 Å². The second-order valence-corrected chi connectivity index (χ2v) is 29.1. The number of carbonyl (C=O) groups excluding carboxylic acids is 4. The second-order valence-electron chi connectivity index (χ2n) is 29.1. The molecule has 1 aromatic rings. The molecule has 5 aliphatic carbocycles.